The summed E-state index contributed by atoms with van der Waals surface area (Å²) in [7, 11) is -2.91. The number of pyridine rings is 1. The van der Waals surface area contributed by atoms with Crippen LogP contribution in [0, 0.1) is 5.92 Å². The molecule has 8 nitrogen and oxygen atoms in total. The third-order valence-electron chi connectivity index (χ3n) is 5.19. The van der Waals surface area contributed by atoms with Gasteiger partial charge in [0.25, 0.3) is 17.7 Å². The lowest BCUT2D eigenvalue weighted by molar-refractivity contribution is -0.118. The van der Waals surface area contributed by atoms with Gasteiger partial charge in [-0.25, -0.2) is 9.19 Å². The summed E-state index contributed by atoms with van der Waals surface area (Å²) in [4.78, 5) is 42.0. The fourth-order valence-corrected chi connectivity index (χ4v) is 4.65. The maximum Gasteiger partial charge on any atom is 0.258 e. The van der Waals surface area contributed by atoms with Gasteiger partial charge >= 0.3 is 0 Å². The van der Waals surface area contributed by atoms with E-state index in [-0.39, 0.29) is 34.5 Å². The summed E-state index contributed by atoms with van der Waals surface area (Å²) in [5.41, 5.74) is 0.630. The Morgan fingerprint density at radius 1 is 0.943 bits per heavy atom. The minimum atomic E-state index is -2.91. The largest absolute Gasteiger partial charge is 0.321 e. The monoisotopic (exact) mass is 530 g/mol. The van der Waals surface area contributed by atoms with Crippen LogP contribution in [0.2, 0.25) is 10.0 Å². The topological polar surface area (TPSA) is 118 Å². The highest BCUT2D eigenvalue weighted by atomic mass is 35.5. The lowest BCUT2D eigenvalue weighted by atomic mass is 10.1. The molecule has 1 fully saturated rings. The number of benzene rings is 2. The quantitative estimate of drug-likeness (QED) is 0.449. The van der Waals surface area contributed by atoms with Crippen LogP contribution < -0.4 is 10.6 Å². The Kier molecular flexibility index (Phi) is 7.20. The lowest BCUT2D eigenvalue weighted by Crippen LogP contribution is -2.18. The van der Waals surface area contributed by atoms with Crippen molar-refractivity contribution in [2.75, 3.05) is 16.9 Å². The number of hydrogen-bond donors (Lipinski definition) is 2. The molecule has 0 aliphatic heterocycles. The van der Waals surface area contributed by atoms with Gasteiger partial charge in [0, 0.05) is 33.9 Å². The number of anilines is 2. The Hall–Kier alpha value is -3.27. The molecule has 0 spiro atoms. The van der Waals surface area contributed by atoms with Crippen LogP contribution in [0.25, 0.3) is 0 Å². The number of rotatable bonds is 6. The van der Waals surface area contributed by atoms with Gasteiger partial charge in [-0.2, -0.15) is 4.36 Å². The molecule has 180 valence electrons. The Balaban J connectivity index is 1.52. The second-order valence-electron chi connectivity index (χ2n) is 7.99. The highest BCUT2D eigenvalue weighted by molar-refractivity contribution is 7.93. The molecule has 1 heterocycles. The van der Waals surface area contributed by atoms with Crippen LogP contribution in [-0.4, -0.2) is 33.2 Å². The van der Waals surface area contributed by atoms with Gasteiger partial charge in [0.1, 0.15) is 5.82 Å². The van der Waals surface area contributed by atoms with Gasteiger partial charge in [0.15, 0.2) is 0 Å². The number of halogens is 2. The van der Waals surface area contributed by atoms with Crippen molar-refractivity contribution < 1.29 is 18.6 Å². The normalized spacial score (nSPS) is 14.5. The van der Waals surface area contributed by atoms with Crippen molar-refractivity contribution in [3.8, 4) is 0 Å². The molecule has 3 aromatic rings. The Morgan fingerprint density at radius 3 is 2.26 bits per heavy atom. The molecule has 1 saturated carbocycles. The second-order valence-corrected chi connectivity index (χ2v) is 11.1. The van der Waals surface area contributed by atoms with Crippen LogP contribution in [0.1, 0.15) is 33.6 Å². The van der Waals surface area contributed by atoms with Crippen LogP contribution in [0.4, 0.5) is 11.5 Å². The SMILES string of the molecule is CS(=O)(=NC(=O)C1CC1)c1ccc(C(=O)Nc2ccc(Cl)cc2C(=O)Nc2ccc(Cl)cn2)cc1. The smallest absolute Gasteiger partial charge is 0.258 e. The van der Waals surface area contributed by atoms with Crippen LogP contribution in [0.3, 0.4) is 0 Å². The molecule has 11 heteroatoms. The summed E-state index contributed by atoms with van der Waals surface area (Å²) in [6, 6.07) is 13.6. The van der Waals surface area contributed by atoms with Crippen molar-refractivity contribution >= 4 is 62.2 Å². The molecule has 0 bridgehead atoms. The van der Waals surface area contributed by atoms with Gasteiger partial charge in [-0.1, -0.05) is 23.2 Å². The number of amides is 3. The minimum absolute atomic E-state index is 0.123. The summed E-state index contributed by atoms with van der Waals surface area (Å²) in [6.07, 6.45) is 4.34. The zero-order chi connectivity index (χ0) is 25.2. The maximum absolute atomic E-state index is 12.9. The fraction of sp³-hybridized carbons (Fsp3) is 0.167. The Bertz CT molecular complexity index is 1430. The first kappa shape index (κ1) is 24.8. The van der Waals surface area contributed by atoms with Crippen molar-refractivity contribution in [3.05, 3.63) is 82.0 Å². The third kappa shape index (κ3) is 6.25. The van der Waals surface area contributed by atoms with E-state index in [1.54, 1.807) is 18.2 Å². The fourth-order valence-electron chi connectivity index (χ4n) is 3.13. The molecule has 4 rings (SSSR count). The Morgan fingerprint density at radius 2 is 1.63 bits per heavy atom. The van der Waals surface area contributed by atoms with E-state index in [9.17, 15) is 18.6 Å². The summed E-state index contributed by atoms with van der Waals surface area (Å²) < 4.78 is 16.7. The van der Waals surface area contributed by atoms with Crippen LogP contribution in [0.15, 0.2) is 70.1 Å². The summed E-state index contributed by atoms with van der Waals surface area (Å²) >= 11 is 11.9. The maximum atomic E-state index is 12.9. The van der Waals surface area contributed by atoms with E-state index in [2.05, 4.69) is 20.0 Å². The van der Waals surface area contributed by atoms with Crippen molar-refractivity contribution in [2.45, 2.75) is 17.7 Å². The second kappa shape index (κ2) is 10.2. The molecule has 35 heavy (non-hydrogen) atoms. The van der Waals surface area contributed by atoms with Crippen molar-refractivity contribution in [1.29, 1.82) is 0 Å². The van der Waals surface area contributed by atoms with E-state index in [4.69, 9.17) is 23.2 Å². The predicted octanol–water partition coefficient (Wildman–Crippen LogP) is 5.29. The average Bonchev–Trinajstić information content (AvgIpc) is 3.67. The highest BCUT2D eigenvalue weighted by Crippen LogP contribution is 2.31. The molecule has 1 unspecified atom stereocenters. The molecule has 2 N–H and O–H groups in total. The van der Waals surface area contributed by atoms with E-state index in [0.29, 0.717) is 14.9 Å². The van der Waals surface area contributed by atoms with Gasteiger partial charge in [0.05, 0.1) is 26.0 Å². The van der Waals surface area contributed by atoms with E-state index < -0.39 is 21.5 Å². The molecule has 0 saturated heterocycles. The van der Waals surface area contributed by atoms with Crippen molar-refractivity contribution in [2.24, 2.45) is 10.3 Å². The van der Waals surface area contributed by atoms with Crippen LogP contribution >= 0.6 is 23.2 Å². The molecule has 1 aliphatic rings. The van der Waals surface area contributed by atoms with Gasteiger partial charge in [-0.05, 0) is 67.4 Å². The lowest BCUT2D eigenvalue weighted by Gasteiger charge is -2.12. The van der Waals surface area contributed by atoms with Crippen LogP contribution in [-0.2, 0) is 14.5 Å². The molecule has 0 radical (unpaired) electrons. The van der Waals surface area contributed by atoms with Crippen LogP contribution in [0.5, 0.6) is 0 Å². The van der Waals surface area contributed by atoms with Gasteiger partial charge in [0.2, 0.25) is 0 Å². The number of nitrogens with one attached hydrogen (secondary N) is 2. The predicted molar refractivity (Wildman–Crippen MR) is 136 cm³/mol. The number of carbonyl (C=O) groups is 3. The number of nitrogens with zero attached hydrogens (tertiary/aromatic N) is 2. The third-order valence-corrected chi connectivity index (χ3v) is 7.32. The first-order chi connectivity index (χ1) is 16.6. The molecule has 1 aliphatic carbocycles. The molecule has 3 amide bonds. The number of carbonyl (C=O) groups excluding carboxylic acids is 3. The summed E-state index contributed by atoms with van der Waals surface area (Å²) in [5, 5.41) is 6.06. The standard InChI is InChI=1S/C24H20Cl2N4O4S/c1-35(34,30-23(32)15-2-3-15)18-8-4-14(5-9-18)22(31)28-20-10-6-16(25)12-19(20)24(33)29-21-11-7-17(26)13-27-21/h4-13,15H,2-3H2,1H3,(H,28,31)(H,27,29,33). The number of aromatic nitrogens is 1. The van der Waals surface area contributed by atoms with Gasteiger partial charge < -0.3 is 10.6 Å². The molecule has 2 aromatic carbocycles. The van der Waals surface area contributed by atoms with E-state index in [1.807, 2.05) is 0 Å². The summed E-state index contributed by atoms with van der Waals surface area (Å²) in [6.45, 7) is 0. The Labute approximate surface area is 212 Å². The highest BCUT2D eigenvalue weighted by Gasteiger charge is 2.30. The van der Waals surface area contributed by atoms with Gasteiger partial charge in [-0.3, -0.25) is 14.4 Å². The van der Waals surface area contributed by atoms with Crippen molar-refractivity contribution in [3.63, 3.8) is 0 Å². The minimum Gasteiger partial charge on any atom is -0.321 e. The average molecular weight is 531 g/mol. The molecule has 1 aromatic heterocycles. The first-order valence-electron chi connectivity index (χ1n) is 10.5. The zero-order valence-corrected chi connectivity index (χ0v) is 20.8. The molecular weight excluding hydrogens is 511 g/mol. The van der Waals surface area contributed by atoms with E-state index in [1.165, 1.54) is 48.9 Å². The van der Waals surface area contributed by atoms with Gasteiger partial charge in [-0.15, -0.1) is 0 Å². The summed E-state index contributed by atoms with van der Waals surface area (Å²) in [5.74, 6) is -1.21. The van der Waals surface area contributed by atoms with Crippen molar-refractivity contribution in [1.82, 2.24) is 4.98 Å². The zero-order valence-electron chi connectivity index (χ0n) is 18.5. The van der Waals surface area contributed by atoms with E-state index >= 15 is 0 Å². The molecular formula is C24H20Cl2N4O4S. The van der Waals surface area contributed by atoms with E-state index in [0.717, 1.165) is 12.8 Å². The molecule has 1 atom stereocenters. The first-order valence-corrected chi connectivity index (χ1v) is 13.2. The number of hydrogen-bond acceptors (Lipinski definition) is 5.